The summed E-state index contributed by atoms with van der Waals surface area (Å²) in [5.74, 6) is -0.841. The molecule has 0 radical (unpaired) electrons. The molecule has 6 heteroatoms. The van der Waals surface area contributed by atoms with E-state index in [2.05, 4.69) is 4.98 Å². The molecule has 0 saturated carbocycles. The van der Waals surface area contributed by atoms with Gasteiger partial charge in [0.05, 0.1) is 11.4 Å². The van der Waals surface area contributed by atoms with Gasteiger partial charge >= 0.3 is 5.97 Å². The summed E-state index contributed by atoms with van der Waals surface area (Å²) in [5, 5.41) is 10.1. The van der Waals surface area contributed by atoms with Crippen LogP contribution in [0.1, 0.15) is 11.3 Å². The van der Waals surface area contributed by atoms with Crippen molar-refractivity contribution in [2.45, 2.75) is 18.6 Å². The molecule has 2 aromatic rings. The van der Waals surface area contributed by atoms with Crippen molar-refractivity contribution in [3.63, 3.8) is 0 Å². The average molecular weight is 297 g/mol. The van der Waals surface area contributed by atoms with E-state index in [1.165, 1.54) is 11.8 Å². The number of hydrogen-bond donors (Lipinski definition) is 1. The molecule has 4 nitrogen and oxygen atoms in total. The van der Waals surface area contributed by atoms with Crippen molar-refractivity contribution in [2.24, 2.45) is 0 Å². The first kappa shape index (κ1) is 14.0. The SMILES string of the molecule is Cc1cn(Cc2cccc(Cl)c2)c(SCC(=O)O)n1. The average Bonchev–Trinajstić information content (AvgIpc) is 2.67. The van der Waals surface area contributed by atoms with Gasteiger partial charge in [0.1, 0.15) is 0 Å². The Balaban J connectivity index is 2.17. The zero-order valence-corrected chi connectivity index (χ0v) is 11.9. The quantitative estimate of drug-likeness (QED) is 0.862. The summed E-state index contributed by atoms with van der Waals surface area (Å²) in [6.07, 6.45) is 1.91. The van der Waals surface area contributed by atoms with Gasteiger partial charge in [-0.3, -0.25) is 4.79 Å². The van der Waals surface area contributed by atoms with Gasteiger partial charge in [-0.2, -0.15) is 0 Å². The smallest absolute Gasteiger partial charge is 0.313 e. The lowest BCUT2D eigenvalue weighted by atomic mass is 10.2. The summed E-state index contributed by atoms with van der Waals surface area (Å²) in [6, 6.07) is 7.59. The Kier molecular flexibility index (Phi) is 4.50. The molecule has 0 fully saturated rings. The Labute approximate surface area is 120 Å². The maximum atomic E-state index is 10.6. The number of aliphatic carboxylic acids is 1. The Morgan fingerprint density at radius 2 is 2.32 bits per heavy atom. The second-order valence-electron chi connectivity index (χ2n) is 4.11. The highest BCUT2D eigenvalue weighted by Crippen LogP contribution is 2.20. The van der Waals surface area contributed by atoms with Crippen LogP contribution in [0.4, 0.5) is 0 Å². The van der Waals surface area contributed by atoms with E-state index in [0.717, 1.165) is 11.3 Å². The van der Waals surface area contributed by atoms with Crippen LogP contribution < -0.4 is 0 Å². The van der Waals surface area contributed by atoms with E-state index in [1.54, 1.807) is 0 Å². The van der Waals surface area contributed by atoms with Crippen molar-refractivity contribution in [3.8, 4) is 0 Å². The molecule has 1 aromatic heterocycles. The van der Waals surface area contributed by atoms with Gasteiger partial charge in [0.25, 0.3) is 0 Å². The molecular formula is C13H13ClN2O2S. The molecule has 0 bridgehead atoms. The van der Waals surface area contributed by atoms with Crippen LogP contribution in [0.25, 0.3) is 0 Å². The molecule has 0 unspecified atom stereocenters. The number of halogens is 1. The maximum Gasteiger partial charge on any atom is 0.313 e. The highest BCUT2D eigenvalue weighted by molar-refractivity contribution is 7.99. The number of nitrogens with zero attached hydrogens (tertiary/aromatic N) is 2. The minimum Gasteiger partial charge on any atom is -0.481 e. The van der Waals surface area contributed by atoms with Gasteiger partial charge in [-0.1, -0.05) is 35.5 Å². The van der Waals surface area contributed by atoms with E-state index in [-0.39, 0.29) is 5.75 Å². The first-order valence-electron chi connectivity index (χ1n) is 5.67. The van der Waals surface area contributed by atoms with Crippen molar-refractivity contribution in [1.29, 1.82) is 0 Å². The van der Waals surface area contributed by atoms with Crippen LogP contribution in [0.15, 0.2) is 35.6 Å². The topological polar surface area (TPSA) is 55.1 Å². The number of aryl methyl sites for hydroxylation is 1. The molecule has 0 amide bonds. The number of imidazole rings is 1. The van der Waals surface area contributed by atoms with Crippen molar-refractivity contribution in [3.05, 3.63) is 46.7 Å². The van der Waals surface area contributed by atoms with Crippen molar-refractivity contribution in [1.82, 2.24) is 9.55 Å². The highest BCUT2D eigenvalue weighted by Gasteiger charge is 2.09. The molecule has 1 aromatic carbocycles. The summed E-state index contributed by atoms with van der Waals surface area (Å²) in [4.78, 5) is 14.9. The van der Waals surface area contributed by atoms with E-state index in [4.69, 9.17) is 16.7 Å². The van der Waals surface area contributed by atoms with Crippen LogP contribution in [-0.2, 0) is 11.3 Å². The van der Waals surface area contributed by atoms with Gasteiger partial charge in [0, 0.05) is 17.8 Å². The van der Waals surface area contributed by atoms with Gasteiger partial charge < -0.3 is 9.67 Å². The first-order valence-corrected chi connectivity index (χ1v) is 7.04. The van der Waals surface area contributed by atoms with Crippen LogP contribution in [0.2, 0.25) is 5.02 Å². The summed E-state index contributed by atoms with van der Waals surface area (Å²) in [5.41, 5.74) is 1.93. The fraction of sp³-hybridized carbons (Fsp3) is 0.231. The van der Waals surface area contributed by atoms with E-state index >= 15 is 0 Å². The van der Waals surface area contributed by atoms with Crippen LogP contribution in [0.3, 0.4) is 0 Å². The molecule has 1 N–H and O–H groups in total. The number of aromatic nitrogens is 2. The summed E-state index contributed by atoms with van der Waals surface area (Å²) in [6.45, 7) is 2.52. The Hall–Kier alpha value is -1.46. The molecule has 0 aliphatic rings. The highest BCUT2D eigenvalue weighted by atomic mass is 35.5. The molecule has 2 rings (SSSR count). The van der Waals surface area contributed by atoms with E-state index in [1.807, 2.05) is 42.0 Å². The molecule has 100 valence electrons. The predicted molar refractivity (Wildman–Crippen MR) is 75.9 cm³/mol. The van der Waals surface area contributed by atoms with Crippen LogP contribution in [0.5, 0.6) is 0 Å². The molecule has 19 heavy (non-hydrogen) atoms. The third kappa shape index (κ3) is 4.01. The van der Waals surface area contributed by atoms with Gasteiger partial charge in [-0.15, -0.1) is 0 Å². The molecule has 0 aliphatic heterocycles. The summed E-state index contributed by atoms with van der Waals surface area (Å²) < 4.78 is 1.94. The lowest BCUT2D eigenvalue weighted by Gasteiger charge is -2.07. The van der Waals surface area contributed by atoms with E-state index in [0.29, 0.717) is 16.7 Å². The van der Waals surface area contributed by atoms with Gasteiger partial charge in [-0.25, -0.2) is 4.98 Å². The van der Waals surface area contributed by atoms with Gasteiger partial charge in [-0.05, 0) is 24.6 Å². The van der Waals surface area contributed by atoms with Crippen LogP contribution in [-0.4, -0.2) is 26.4 Å². The zero-order valence-electron chi connectivity index (χ0n) is 10.3. The number of carbonyl (C=O) groups is 1. The minimum atomic E-state index is -0.847. The lowest BCUT2D eigenvalue weighted by molar-refractivity contribution is -0.133. The van der Waals surface area contributed by atoms with E-state index in [9.17, 15) is 4.79 Å². The third-order valence-electron chi connectivity index (χ3n) is 2.43. The van der Waals surface area contributed by atoms with Crippen molar-refractivity contribution < 1.29 is 9.90 Å². The first-order chi connectivity index (χ1) is 9.04. The van der Waals surface area contributed by atoms with Crippen molar-refractivity contribution >= 4 is 29.3 Å². The number of rotatable bonds is 5. The minimum absolute atomic E-state index is 0.00595. The number of benzene rings is 1. The largest absolute Gasteiger partial charge is 0.481 e. The number of carboxylic acid groups (broad SMARTS) is 1. The van der Waals surface area contributed by atoms with Crippen LogP contribution in [0, 0.1) is 6.92 Å². The molecular weight excluding hydrogens is 284 g/mol. The fourth-order valence-electron chi connectivity index (χ4n) is 1.71. The Morgan fingerprint density at radius 3 is 3.00 bits per heavy atom. The van der Waals surface area contributed by atoms with Gasteiger partial charge in [0.15, 0.2) is 5.16 Å². The normalized spacial score (nSPS) is 10.6. The third-order valence-corrected chi connectivity index (χ3v) is 3.64. The monoisotopic (exact) mass is 296 g/mol. The van der Waals surface area contributed by atoms with Crippen LogP contribution >= 0.6 is 23.4 Å². The maximum absolute atomic E-state index is 10.6. The number of thioether (sulfide) groups is 1. The lowest BCUT2D eigenvalue weighted by Crippen LogP contribution is -2.03. The number of hydrogen-bond acceptors (Lipinski definition) is 3. The molecule has 1 heterocycles. The van der Waals surface area contributed by atoms with Crippen molar-refractivity contribution in [2.75, 3.05) is 5.75 Å². The second-order valence-corrected chi connectivity index (χ2v) is 5.48. The van der Waals surface area contributed by atoms with E-state index < -0.39 is 5.97 Å². The molecule has 0 aliphatic carbocycles. The van der Waals surface area contributed by atoms with Gasteiger partial charge in [0.2, 0.25) is 0 Å². The summed E-state index contributed by atoms with van der Waals surface area (Å²) in [7, 11) is 0. The standard InChI is InChI=1S/C13H13ClN2O2S/c1-9-6-16(13(15-9)19-8-12(17)18)7-10-3-2-4-11(14)5-10/h2-6H,7-8H2,1H3,(H,17,18). The molecule has 0 spiro atoms. The summed E-state index contributed by atoms with van der Waals surface area (Å²) >= 11 is 7.17. The Morgan fingerprint density at radius 1 is 1.53 bits per heavy atom. The fourth-order valence-corrected chi connectivity index (χ4v) is 2.67. The second kappa shape index (κ2) is 6.12. The molecule has 0 saturated heterocycles. The molecule has 0 atom stereocenters. The Bertz CT molecular complexity index is 598. The predicted octanol–water partition coefficient (Wildman–Crippen LogP) is 3.07. The number of carboxylic acids is 1. The zero-order chi connectivity index (χ0) is 13.8.